The molecule has 1 fully saturated rings. The molecule has 0 spiro atoms. The third-order valence-electron chi connectivity index (χ3n) is 4.92. The quantitative estimate of drug-likeness (QED) is 0.644. The summed E-state index contributed by atoms with van der Waals surface area (Å²) in [4.78, 5) is 37.0. The van der Waals surface area contributed by atoms with Gasteiger partial charge in [0, 0.05) is 42.4 Å². The van der Waals surface area contributed by atoms with E-state index in [9.17, 15) is 24.1 Å². The smallest absolute Gasteiger partial charge is 0.269 e. The van der Waals surface area contributed by atoms with Crippen molar-refractivity contribution in [3.63, 3.8) is 0 Å². The minimum Gasteiger partial charge on any atom is -0.339 e. The number of nitro benzene ring substituents is 1. The van der Waals surface area contributed by atoms with Crippen molar-refractivity contribution in [2.45, 2.75) is 19.8 Å². The Bertz CT molecular complexity index is 906. The number of likely N-dealkylation sites (tertiary alicyclic amines) is 1. The molecule has 1 aliphatic rings. The van der Waals surface area contributed by atoms with E-state index in [0.717, 1.165) is 0 Å². The van der Waals surface area contributed by atoms with Crippen molar-refractivity contribution in [2.24, 2.45) is 5.92 Å². The van der Waals surface area contributed by atoms with E-state index in [-0.39, 0.29) is 23.4 Å². The zero-order chi connectivity index (χ0) is 20.3. The number of nitrogens with zero attached hydrogens (tertiary/aromatic N) is 2. The second-order valence-electron chi connectivity index (χ2n) is 6.82. The molecule has 8 heteroatoms. The molecule has 0 bridgehead atoms. The van der Waals surface area contributed by atoms with Crippen LogP contribution in [0.5, 0.6) is 0 Å². The van der Waals surface area contributed by atoms with Gasteiger partial charge in [0.05, 0.1) is 4.92 Å². The summed E-state index contributed by atoms with van der Waals surface area (Å²) in [5, 5.41) is 13.6. The van der Waals surface area contributed by atoms with Crippen LogP contribution < -0.4 is 5.32 Å². The molecule has 7 nitrogen and oxygen atoms in total. The first-order valence-electron chi connectivity index (χ1n) is 8.96. The van der Waals surface area contributed by atoms with Crippen LogP contribution >= 0.6 is 0 Å². The van der Waals surface area contributed by atoms with Crippen molar-refractivity contribution < 1.29 is 18.9 Å². The van der Waals surface area contributed by atoms with Crippen LogP contribution in [-0.2, 0) is 4.79 Å². The van der Waals surface area contributed by atoms with Crippen LogP contribution in [-0.4, -0.2) is 34.7 Å². The Labute approximate surface area is 161 Å². The molecule has 0 atom stereocenters. The maximum Gasteiger partial charge on any atom is 0.269 e. The van der Waals surface area contributed by atoms with Gasteiger partial charge in [-0.05, 0) is 55.7 Å². The molecule has 1 heterocycles. The van der Waals surface area contributed by atoms with Crippen LogP contribution in [0.15, 0.2) is 42.5 Å². The first kappa shape index (κ1) is 19.5. The average Bonchev–Trinajstić information content (AvgIpc) is 2.69. The fourth-order valence-electron chi connectivity index (χ4n) is 3.26. The number of hydrogen-bond acceptors (Lipinski definition) is 4. The molecule has 3 rings (SSSR count). The van der Waals surface area contributed by atoms with Crippen LogP contribution in [0, 0.1) is 28.8 Å². The SMILES string of the molecule is Cc1cc([N+](=O)[O-])ccc1NC(=O)C1CCN(C(=O)c2ccc(F)cc2)CC1. The average molecular weight is 385 g/mol. The van der Waals surface area contributed by atoms with E-state index in [0.29, 0.717) is 42.7 Å². The standard InChI is InChI=1S/C20H20FN3O4/c1-13-12-17(24(27)28)6-7-18(13)22-19(25)14-8-10-23(11-9-14)20(26)15-2-4-16(21)5-3-15/h2-7,12,14H,8-11H2,1H3,(H,22,25). The maximum absolute atomic E-state index is 13.0. The zero-order valence-corrected chi connectivity index (χ0v) is 15.4. The fraction of sp³-hybridized carbons (Fsp3) is 0.300. The number of aryl methyl sites for hydroxylation is 1. The van der Waals surface area contributed by atoms with Crippen molar-refractivity contribution >= 4 is 23.2 Å². The summed E-state index contributed by atoms with van der Waals surface area (Å²) in [5.74, 6) is -0.976. The number of anilines is 1. The number of carbonyl (C=O) groups is 2. The van der Waals surface area contributed by atoms with Crippen molar-refractivity contribution in [3.05, 3.63) is 69.5 Å². The lowest BCUT2D eigenvalue weighted by atomic mass is 9.95. The predicted molar refractivity (Wildman–Crippen MR) is 101 cm³/mol. The van der Waals surface area contributed by atoms with Crippen molar-refractivity contribution in [1.29, 1.82) is 0 Å². The number of halogens is 1. The van der Waals surface area contributed by atoms with Gasteiger partial charge in [-0.15, -0.1) is 0 Å². The Balaban J connectivity index is 1.57. The molecule has 2 aromatic carbocycles. The summed E-state index contributed by atoms with van der Waals surface area (Å²) in [6.45, 7) is 2.58. The predicted octanol–water partition coefficient (Wildman–Crippen LogP) is 3.53. The van der Waals surface area contributed by atoms with Gasteiger partial charge in [-0.1, -0.05) is 0 Å². The normalized spacial score (nSPS) is 14.6. The van der Waals surface area contributed by atoms with Crippen LogP contribution in [0.25, 0.3) is 0 Å². The van der Waals surface area contributed by atoms with Crippen LogP contribution in [0.1, 0.15) is 28.8 Å². The molecular weight excluding hydrogens is 365 g/mol. The molecule has 1 saturated heterocycles. The lowest BCUT2D eigenvalue weighted by Crippen LogP contribution is -2.41. The number of nitrogens with one attached hydrogen (secondary N) is 1. The minimum absolute atomic E-state index is 0.0249. The van der Waals surface area contributed by atoms with E-state index in [4.69, 9.17) is 0 Å². The second-order valence-corrected chi connectivity index (χ2v) is 6.82. The number of benzene rings is 2. The monoisotopic (exact) mass is 385 g/mol. The van der Waals surface area contributed by atoms with Gasteiger partial charge in [-0.2, -0.15) is 0 Å². The molecule has 28 heavy (non-hydrogen) atoms. The molecule has 1 N–H and O–H groups in total. The molecule has 146 valence electrons. The van der Waals surface area contributed by atoms with Gasteiger partial charge in [-0.25, -0.2) is 4.39 Å². The van der Waals surface area contributed by atoms with Gasteiger partial charge >= 0.3 is 0 Å². The highest BCUT2D eigenvalue weighted by atomic mass is 19.1. The molecule has 0 aromatic heterocycles. The van der Waals surface area contributed by atoms with Gasteiger partial charge in [0.15, 0.2) is 0 Å². The Morgan fingerprint density at radius 2 is 1.79 bits per heavy atom. The number of hydrogen-bond donors (Lipinski definition) is 1. The van der Waals surface area contributed by atoms with Gasteiger partial charge in [0.25, 0.3) is 11.6 Å². The zero-order valence-electron chi connectivity index (χ0n) is 15.4. The summed E-state index contributed by atoms with van der Waals surface area (Å²) >= 11 is 0. The molecular formula is C20H20FN3O4. The van der Waals surface area contributed by atoms with E-state index in [1.54, 1.807) is 11.8 Å². The molecule has 0 aliphatic carbocycles. The van der Waals surface area contributed by atoms with E-state index in [2.05, 4.69) is 5.32 Å². The Kier molecular flexibility index (Phi) is 5.67. The number of non-ortho nitro benzene ring substituents is 1. The molecule has 2 aromatic rings. The minimum atomic E-state index is -0.480. The largest absolute Gasteiger partial charge is 0.339 e. The van der Waals surface area contributed by atoms with E-state index >= 15 is 0 Å². The number of nitro groups is 1. The topological polar surface area (TPSA) is 92.6 Å². The van der Waals surface area contributed by atoms with E-state index in [1.165, 1.54) is 42.5 Å². The maximum atomic E-state index is 13.0. The number of rotatable bonds is 4. The summed E-state index contributed by atoms with van der Waals surface area (Å²) < 4.78 is 13.0. The molecule has 2 amide bonds. The van der Waals surface area contributed by atoms with E-state index < -0.39 is 10.7 Å². The first-order valence-corrected chi connectivity index (χ1v) is 8.96. The van der Waals surface area contributed by atoms with Crippen LogP contribution in [0.2, 0.25) is 0 Å². The Hall–Kier alpha value is -3.29. The van der Waals surface area contributed by atoms with Crippen LogP contribution in [0.4, 0.5) is 15.8 Å². The molecule has 0 radical (unpaired) electrons. The number of piperidine rings is 1. The van der Waals surface area contributed by atoms with Crippen LogP contribution in [0.3, 0.4) is 0 Å². The first-order chi connectivity index (χ1) is 13.3. The van der Waals surface area contributed by atoms with Gasteiger partial charge in [0.1, 0.15) is 5.82 Å². The third kappa shape index (κ3) is 4.33. The molecule has 0 saturated carbocycles. The summed E-state index contributed by atoms with van der Waals surface area (Å²) in [6.07, 6.45) is 1.04. The number of amides is 2. The molecule has 1 aliphatic heterocycles. The van der Waals surface area contributed by atoms with E-state index in [1.807, 2.05) is 0 Å². The Morgan fingerprint density at radius 1 is 1.14 bits per heavy atom. The highest BCUT2D eigenvalue weighted by molar-refractivity contribution is 5.95. The van der Waals surface area contributed by atoms with Gasteiger partial charge in [0.2, 0.25) is 5.91 Å². The van der Waals surface area contributed by atoms with Crippen molar-refractivity contribution in [2.75, 3.05) is 18.4 Å². The third-order valence-corrected chi connectivity index (χ3v) is 4.92. The Morgan fingerprint density at radius 3 is 2.36 bits per heavy atom. The highest BCUT2D eigenvalue weighted by Gasteiger charge is 2.28. The molecule has 0 unspecified atom stereocenters. The highest BCUT2D eigenvalue weighted by Crippen LogP contribution is 2.24. The fourth-order valence-corrected chi connectivity index (χ4v) is 3.26. The lowest BCUT2D eigenvalue weighted by molar-refractivity contribution is -0.384. The lowest BCUT2D eigenvalue weighted by Gasteiger charge is -2.31. The van der Waals surface area contributed by atoms with Crippen molar-refractivity contribution in [3.8, 4) is 0 Å². The van der Waals surface area contributed by atoms with Gasteiger partial charge < -0.3 is 10.2 Å². The van der Waals surface area contributed by atoms with Gasteiger partial charge in [-0.3, -0.25) is 19.7 Å². The summed E-state index contributed by atoms with van der Waals surface area (Å²) in [6, 6.07) is 9.70. The number of carbonyl (C=O) groups excluding carboxylic acids is 2. The second kappa shape index (κ2) is 8.16. The summed E-state index contributed by atoms with van der Waals surface area (Å²) in [5.41, 5.74) is 1.56. The summed E-state index contributed by atoms with van der Waals surface area (Å²) in [7, 11) is 0. The van der Waals surface area contributed by atoms with Crippen molar-refractivity contribution in [1.82, 2.24) is 4.90 Å².